The number of carbonyl (C=O) groups excluding carboxylic acids is 2. The molecule has 0 spiro atoms. The monoisotopic (exact) mass is 391 g/mol. The molecule has 2 heterocycles. The van der Waals surface area contributed by atoms with Crippen molar-refractivity contribution in [1.29, 1.82) is 0 Å². The van der Waals surface area contributed by atoms with E-state index in [1.54, 1.807) is 12.1 Å². The standard InChI is InChI=1S/C18H21N3O5S/c1-3-12(2)20-17(22)16(27-18(20)23)11-13-10-14(21(24)25)4-5-15(13)19-6-8-26-9-7-19/h4-5,10-12H,3,6-9H2,1-2H3/b16-11-/t12-/m0/s1. The van der Waals surface area contributed by atoms with E-state index in [-0.39, 0.29) is 27.8 Å². The van der Waals surface area contributed by atoms with E-state index in [0.29, 0.717) is 38.3 Å². The zero-order valence-electron chi connectivity index (χ0n) is 15.2. The largest absolute Gasteiger partial charge is 0.378 e. The lowest BCUT2D eigenvalue weighted by Crippen LogP contribution is -2.36. The van der Waals surface area contributed by atoms with Crippen LogP contribution < -0.4 is 4.90 Å². The molecule has 2 aliphatic rings. The van der Waals surface area contributed by atoms with E-state index in [2.05, 4.69) is 4.90 Å². The number of benzene rings is 1. The number of carbonyl (C=O) groups is 2. The third kappa shape index (κ3) is 3.98. The molecule has 0 aliphatic carbocycles. The number of nitro groups is 1. The SMILES string of the molecule is CC[C@H](C)N1C(=O)S/C(=C\c2cc([N+](=O)[O-])ccc2N2CCOCC2)C1=O. The highest BCUT2D eigenvalue weighted by atomic mass is 32.2. The van der Waals surface area contributed by atoms with E-state index in [1.165, 1.54) is 17.0 Å². The van der Waals surface area contributed by atoms with Crippen molar-refractivity contribution < 1.29 is 19.2 Å². The average molecular weight is 391 g/mol. The van der Waals surface area contributed by atoms with Crippen molar-refractivity contribution in [2.75, 3.05) is 31.2 Å². The third-order valence-electron chi connectivity index (χ3n) is 4.72. The van der Waals surface area contributed by atoms with Gasteiger partial charge in [-0.05, 0) is 37.2 Å². The lowest BCUT2D eigenvalue weighted by Gasteiger charge is -2.30. The van der Waals surface area contributed by atoms with Crippen LogP contribution in [0.4, 0.5) is 16.2 Å². The Morgan fingerprint density at radius 1 is 1.33 bits per heavy atom. The van der Waals surface area contributed by atoms with Crippen molar-refractivity contribution >= 4 is 40.4 Å². The number of hydrogen-bond acceptors (Lipinski definition) is 7. The number of hydrogen-bond donors (Lipinski definition) is 0. The number of imide groups is 1. The van der Waals surface area contributed by atoms with Gasteiger partial charge in [-0.2, -0.15) is 0 Å². The maximum Gasteiger partial charge on any atom is 0.293 e. The summed E-state index contributed by atoms with van der Waals surface area (Å²) in [5.41, 5.74) is 1.29. The van der Waals surface area contributed by atoms with E-state index in [0.717, 1.165) is 17.4 Å². The summed E-state index contributed by atoms with van der Waals surface area (Å²) in [7, 11) is 0. The number of non-ortho nitro benzene ring substituents is 1. The summed E-state index contributed by atoms with van der Waals surface area (Å²) in [4.78, 5) is 39.2. The number of rotatable bonds is 5. The van der Waals surface area contributed by atoms with Crippen LogP contribution in [0.2, 0.25) is 0 Å². The molecule has 0 bridgehead atoms. The zero-order valence-corrected chi connectivity index (χ0v) is 16.0. The highest BCUT2D eigenvalue weighted by molar-refractivity contribution is 8.18. The van der Waals surface area contributed by atoms with E-state index >= 15 is 0 Å². The molecule has 0 radical (unpaired) electrons. The van der Waals surface area contributed by atoms with Crippen LogP contribution in [0.5, 0.6) is 0 Å². The fourth-order valence-corrected chi connectivity index (χ4v) is 3.97. The molecular formula is C18H21N3O5S. The van der Waals surface area contributed by atoms with Crippen LogP contribution in [0, 0.1) is 10.1 Å². The fraction of sp³-hybridized carbons (Fsp3) is 0.444. The average Bonchev–Trinajstić information content (AvgIpc) is 2.95. The minimum absolute atomic E-state index is 0.0561. The van der Waals surface area contributed by atoms with Gasteiger partial charge in [0.05, 0.1) is 23.0 Å². The predicted molar refractivity (Wildman–Crippen MR) is 104 cm³/mol. The lowest BCUT2D eigenvalue weighted by molar-refractivity contribution is -0.384. The van der Waals surface area contributed by atoms with E-state index < -0.39 is 4.92 Å². The van der Waals surface area contributed by atoms with E-state index in [4.69, 9.17) is 4.74 Å². The molecule has 27 heavy (non-hydrogen) atoms. The predicted octanol–water partition coefficient (Wildman–Crippen LogP) is 3.27. The van der Waals surface area contributed by atoms with Crippen molar-refractivity contribution in [3.05, 3.63) is 38.8 Å². The maximum absolute atomic E-state index is 12.7. The van der Waals surface area contributed by atoms with Crippen LogP contribution in [-0.4, -0.2) is 53.3 Å². The fourth-order valence-electron chi connectivity index (χ4n) is 3.05. The van der Waals surface area contributed by atoms with Crippen LogP contribution >= 0.6 is 11.8 Å². The third-order valence-corrected chi connectivity index (χ3v) is 5.60. The molecule has 0 aromatic heterocycles. The molecule has 2 amide bonds. The topological polar surface area (TPSA) is 93.0 Å². The first kappa shape index (κ1) is 19.4. The van der Waals surface area contributed by atoms with Crippen molar-refractivity contribution in [3.63, 3.8) is 0 Å². The number of anilines is 1. The van der Waals surface area contributed by atoms with Gasteiger partial charge in [-0.25, -0.2) is 0 Å². The minimum atomic E-state index is -0.467. The first-order valence-electron chi connectivity index (χ1n) is 8.80. The Morgan fingerprint density at radius 2 is 2.04 bits per heavy atom. The molecule has 3 rings (SSSR count). The van der Waals surface area contributed by atoms with Gasteiger partial charge in [0, 0.05) is 42.5 Å². The molecule has 9 heteroatoms. The highest BCUT2D eigenvalue weighted by Gasteiger charge is 2.37. The summed E-state index contributed by atoms with van der Waals surface area (Å²) in [5, 5.41) is 10.9. The van der Waals surface area contributed by atoms with Gasteiger partial charge in [0.1, 0.15) is 0 Å². The quantitative estimate of drug-likeness (QED) is 0.432. The number of nitrogens with zero attached hydrogens (tertiary/aromatic N) is 3. The Labute approximate surface area is 161 Å². The normalized spacial score (nSPS) is 20.4. The second-order valence-corrected chi connectivity index (χ2v) is 7.40. The highest BCUT2D eigenvalue weighted by Crippen LogP contribution is 2.36. The molecular weight excluding hydrogens is 370 g/mol. The number of thioether (sulfide) groups is 1. The Kier molecular flexibility index (Phi) is 5.81. The minimum Gasteiger partial charge on any atom is -0.378 e. The summed E-state index contributed by atoms with van der Waals surface area (Å²) in [6, 6.07) is 4.40. The second-order valence-electron chi connectivity index (χ2n) is 6.41. The number of ether oxygens (including phenoxy) is 1. The molecule has 0 saturated carbocycles. The first-order valence-corrected chi connectivity index (χ1v) is 9.62. The van der Waals surface area contributed by atoms with Gasteiger partial charge in [0.2, 0.25) is 0 Å². The maximum atomic E-state index is 12.7. The van der Waals surface area contributed by atoms with E-state index in [9.17, 15) is 19.7 Å². The van der Waals surface area contributed by atoms with Gasteiger partial charge in [-0.15, -0.1) is 0 Å². The molecule has 2 saturated heterocycles. The van der Waals surface area contributed by atoms with Crippen LogP contribution in [0.3, 0.4) is 0 Å². The molecule has 0 unspecified atom stereocenters. The molecule has 2 aliphatic heterocycles. The molecule has 2 fully saturated rings. The number of amides is 2. The molecule has 144 valence electrons. The Bertz CT molecular complexity index is 804. The summed E-state index contributed by atoms with van der Waals surface area (Å²) < 4.78 is 5.37. The van der Waals surface area contributed by atoms with Gasteiger partial charge in [-0.1, -0.05) is 6.92 Å². The van der Waals surface area contributed by atoms with Crippen molar-refractivity contribution in [3.8, 4) is 0 Å². The first-order chi connectivity index (χ1) is 12.9. The van der Waals surface area contributed by atoms with Gasteiger partial charge in [0.15, 0.2) is 0 Å². The summed E-state index contributed by atoms with van der Waals surface area (Å²) >= 11 is 0.875. The molecule has 0 N–H and O–H groups in total. The van der Waals surface area contributed by atoms with Crippen molar-refractivity contribution in [1.82, 2.24) is 4.90 Å². The van der Waals surface area contributed by atoms with Gasteiger partial charge in [0.25, 0.3) is 16.8 Å². The van der Waals surface area contributed by atoms with Crippen molar-refractivity contribution in [2.24, 2.45) is 0 Å². The Balaban J connectivity index is 2.00. The molecule has 8 nitrogen and oxygen atoms in total. The van der Waals surface area contributed by atoms with Crippen LogP contribution in [0.25, 0.3) is 6.08 Å². The lowest BCUT2D eigenvalue weighted by atomic mass is 10.1. The van der Waals surface area contributed by atoms with Crippen LogP contribution in [-0.2, 0) is 9.53 Å². The molecule has 1 atom stereocenters. The molecule has 1 aromatic carbocycles. The number of morpholine rings is 1. The van der Waals surface area contributed by atoms with Gasteiger partial charge in [-0.3, -0.25) is 24.6 Å². The zero-order chi connectivity index (χ0) is 19.6. The van der Waals surface area contributed by atoms with Gasteiger partial charge < -0.3 is 9.64 Å². The van der Waals surface area contributed by atoms with Crippen molar-refractivity contribution in [2.45, 2.75) is 26.3 Å². The summed E-state index contributed by atoms with van der Waals surface area (Å²) in [5.74, 6) is -0.348. The molecule has 1 aromatic rings. The Hall–Kier alpha value is -2.39. The summed E-state index contributed by atoms with van der Waals surface area (Å²) in [6.07, 6.45) is 2.26. The van der Waals surface area contributed by atoms with E-state index in [1.807, 2.05) is 13.8 Å². The van der Waals surface area contributed by atoms with Crippen LogP contribution in [0.1, 0.15) is 25.8 Å². The Morgan fingerprint density at radius 3 is 2.67 bits per heavy atom. The number of nitro benzene ring substituents is 1. The second kappa shape index (κ2) is 8.10. The van der Waals surface area contributed by atoms with Crippen LogP contribution in [0.15, 0.2) is 23.1 Å². The smallest absolute Gasteiger partial charge is 0.293 e. The van der Waals surface area contributed by atoms with Gasteiger partial charge >= 0.3 is 0 Å². The summed E-state index contributed by atoms with van der Waals surface area (Å²) in [6.45, 7) is 6.20.